The number of nitrogens with one attached hydrogen (secondary N) is 2. The topological polar surface area (TPSA) is 418 Å². The van der Waals surface area contributed by atoms with E-state index in [4.69, 9.17) is 20.9 Å². The summed E-state index contributed by atoms with van der Waals surface area (Å²) in [6.45, 7) is -2.18. The standard InChI is InChI=1S/C21H29N10O18P3/c1-29-5-31(15-9(29)17(37)28-21(23)26-15)19-13(35)11(33)7(47-19)3-45-51(40,41)49-52(42,43)48-50(38,39)44-2-6-10(32)12(34)18(46-6)30-4-24-8-14(30)25-20(22)27-16(8)36/h4-7,10-13,18-19,32-35H,2-3H2,1H3,(H8-,22,23,25,26,27,28,36,37,38,39,40,41,42,43)/p+1. The number of phosphoric ester groups is 2. The van der Waals surface area contributed by atoms with Crippen molar-refractivity contribution in [2.75, 3.05) is 24.7 Å². The van der Waals surface area contributed by atoms with Crippen LogP contribution in [0.4, 0.5) is 11.9 Å². The number of H-pyrrole nitrogens is 2. The number of aromatic amines is 2. The molecule has 2 aliphatic rings. The summed E-state index contributed by atoms with van der Waals surface area (Å²) in [7, 11) is -15.9. The van der Waals surface area contributed by atoms with Gasteiger partial charge in [0.1, 0.15) is 36.6 Å². The molecule has 6 heterocycles. The lowest BCUT2D eigenvalue weighted by Gasteiger charge is -2.21. The second-order valence-corrected chi connectivity index (χ2v) is 15.9. The Balaban J connectivity index is 1.05. The minimum atomic E-state index is -6.00. The van der Waals surface area contributed by atoms with Crippen molar-refractivity contribution in [1.29, 1.82) is 0 Å². The molecule has 6 rings (SSSR count). The lowest BCUT2D eigenvalue weighted by atomic mass is 10.1. The predicted molar refractivity (Wildman–Crippen MR) is 164 cm³/mol. The minimum absolute atomic E-state index is 0.00983. The molecule has 0 bridgehead atoms. The van der Waals surface area contributed by atoms with Gasteiger partial charge in [-0.2, -0.15) is 13.6 Å². The van der Waals surface area contributed by atoms with E-state index in [9.17, 15) is 58.4 Å². The number of phosphoric acid groups is 3. The predicted octanol–water partition coefficient (Wildman–Crippen LogP) is -4.55. The molecule has 11 atom stereocenters. The fourth-order valence-corrected chi connectivity index (χ4v) is 8.96. The van der Waals surface area contributed by atoms with Gasteiger partial charge in [-0.05, 0) is 0 Å². The summed E-state index contributed by atoms with van der Waals surface area (Å²) in [6, 6.07) is 0. The molecule has 2 saturated heterocycles. The van der Waals surface area contributed by atoms with E-state index in [0.29, 0.717) is 0 Å². The lowest BCUT2D eigenvalue weighted by Crippen LogP contribution is -2.46. The number of hydrogen-bond acceptors (Lipinski definition) is 20. The van der Waals surface area contributed by atoms with Gasteiger partial charge in [-0.15, -0.1) is 0 Å². The van der Waals surface area contributed by atoms with Crippen LogP contribution in [0.1, 0.15) is 12.5 Å². The first kappa shape index (κ1) is 38.2. The molecule has 0 spiro atoms. The van der Waals surface area contributed by atoms with Crippen molar-refractivity contribution in [2.24, 2.45) is 7.05 Å². The van der Waals surface area contributed by atoms with E-state index in [-0.39, 0.29) is 34.2 Å². The highest BCUT2D eigenvalue weighted by atomic mass is 31.3. The van der Waals surface area contributed by atoms with Crippen molar-refractivity contribution in [3.8, 4) is 0 Å². The van der Waals surface area contributed by atoms with Crippen LogP contribution in [-0.2, 0) is 47.9 Å². The quantitative estimate of drug-likeness (QED) is 0.0474. The molecule has 286 valence electrons. The number of aliphatic hydroxyl groups excluding tert-OH is 4. The third-order valence-corrected chi connectivity index (χ3v) is 11.9. The number of hydrogen-bond donors (Lipinski definition) is 11. The Morgan fingerprint density at radius 2 is 1.40 bits per heavy atom. The number of ether oxygens (including phenoxy) is 2. The van der Waals surface area contributed by atoms with Crippen LogP contribution in [-0.4, -0.2) is 119 Å². The molecular weight excluding hydrogens is 773 g/mol. The Kier molecular flexibility index (Phi) is 10.1. The van der Waals surface area contributed by atoms with Gasteiger partial charge < -0.3 is 56.0 Å². The fraction of sp³-hybridized carbons (Fsp3) is 0.524. The van der Waals surface area contributed by atoms with Crippen molar-refractivity contribution in [1.82, 2.24) is 34.1 Å². The zero-order valence-corrected chi connectivity index (χ0v) is 28.7. The number of nitrogens with zero attached hydrogens (tertiary/aromatic N) is 6. The Morgan fingerprint density at radius 3 is 2.04 bits per heavy atom. The number of nitrogens with two attached hydrogens (primary N) is 2. The maximum atomic E-state index is 12.5. The number of fused-ring (bicyclic) bond motifs is 2. The number of aryl methyl sites for hydroxylation is 1. The van der Waals surface area contributed by atoms with Gasteiger partial charge in [-0.1, -0.05) is 4.98 Å². The highest BCUT2D eigenvalue weighted by Gasteiger charge is 2.50. The lowest BCUT2D eigenvalue weighted by molar-refractivity contribution is -0.745. The summed E-state index contributed by atoms with van der Waals surface area (Å²) in [5.74, 6) is -0.590. The molecule has 0 radical (unpaired) electrons. The van der Waals surface area contributed by atoms with E-state index in [1.54, 1.807) is 0 Å². The zero-order valence-electron chi connectivity index (χ0n) is 26.0. The second kappa shape index (κ2) is 13.7. The molecule has 2 aliphatic heterocycles. The van der Waals surface area contributed by atoms with Crippen molar-refractivity contribution in [2.45, 2.75) is 49.1 Å². The van der Waals surface area contributed by atoms with Crippen LogP contribution in [0.3, 0.4) is 0 Å². The molecule has 2 fully saturated rings. The van der Waals surface area contributed by atoms with Crippen LogP contribution in [0, 0.1) is 0 Å². The molecule has 0 saturated carbocycles. The van der Waals surface area contributed by atoms with Crippen LogP contribution < -0.4 is 27.2 Å². The van der Waals surface area contributed by atoms with Gasteiger partial charge in [0.25, 0.3) is 17.1 Å². The molecule has 4 aromatic rings. The fourth-order valence-electron chi connectivity index (χ4n) is 5.44. The molecule has 28 nitrogen and oxygen atoms in total. The largest absolute Gasteiger partial charge is 0.490 e. The van der Waals surface area contributed by atoms with Gasteiger partial charge in [0.05, 0.1) is 26.6 Å². The highest BCUT2D eigenvalue weighted by Crippen LogP contribution is 2.67. The van der Waals surface area contributed by atoms with Crippen LogP contribution in [0.2, 0.25) is 0 Å². The van der Waals surface area contributed by atoms with Crippen LogP contribution >= 0.6 is 23.5 Å². The van der Waals surface area contributed by atoms with Crippen LogP contribution in [0.5, 0.6) is 0 Å². The van der Waals surface area contributed by atoms with Gasteiger partial charge in [0.2, 0.25) is 17.7 Å². The van der Waals surface area contributed by atoms with Crippen molar-refractivity contribution < 1.29 is 80.5 Å². The number of imidazole rings is 2. The van der Waals surface area contributed by atoms with E-state index in [0.717, 1.165) is 15.5 Å². The average molecular weight is 803 g/mol. The zero-order chi connectivity index (χ0) is 38.1. The summed E-state index contributed by atoms with van der Waals surface area (Å²) < 4.78 is 69.1. The second-order valence-electron chi connectivity index (χ2n) is 11.3. The SMILES string of the molecule is Cn1c[n+](C2OC(COP(=O)(O)OP(=O)(O)OP(=O)(O)OCC3OC(n4cnc5c(=O)[nH]c(N)nc54)C(O)C3O)C(O)C2O)c2nc(N)[nH]c(=O)c21. The maximum absolute atomic E-state index is 12.5. The molecule has 13 N–H and O–H groups in total. The van der Waals surface area contributed by atoms with E-state index in [1.807, 2.05) is 0 Å². The maximum Gasteiger partial charge on any atom is 0.490 e. The molecule has 4 aromatic heterocycles. The van der Waals surface area contributed by atoms with Gasteiger partial charge in [0.15, 0.2) is 23.7 Å². The van der Waals surface area contributed by atoms with E-state index >= 15 is 0 Å². The number of aromatic nitrogens is 8. The summed E-state index contributed by atoms with van der Waals surface area (Å²) >= 11 is 0. The molecule has 0 aromatic carbocycles. The van der Waals surface area contributed by atoms with Gasteiger partial charge >= 0.3 is 29.1 Å². The number of rotatable bonds is 12. The van der Waals surface area contributed by atoms with Crippen LogP contribution in [0.15, 0.2) is 22.2 Å². The van der Waals surface area contributed by atoms with Crippen molar-refractivity contribution >= 4 is 57.7 Å². The van der Waals surface area contributed by atoms with Gasteiger partial charge in [-0.3, -0.25) is 37.7 Å². The summed E-state index contributed by atoms with van der Waals surface area (Å²) in [5, 5.41) is 42.0. The highest BCUT2D eigenvalue weighted by molar-refractivity contribution is 7.66. The minimum Gasteiger partial charge on any atom is -0.387 e. The average Bonchev–Trinajstić information content (AvgIpc) is 3.74. The van der Waals surface area contributed by atoms with E-state index in [2.05, 4.69) is 42.6 Å². The number of aliphatic hydroxyl groups is 4. The first-order chi connectivity index (χ1) is 24.2. The molecule has 11 unspecified atom stereocenters. The Labute approximate surface area is 286 Å². The molecule has 52 heavy (non-hydrogen) atoms. The third kappa shape index (κ3) is 7.46. The molecule has 31 heteroatoms. The van der Waals surface area contributed by atoms with Gasteiger partial charge in [-0.25, -0.2) is 23.2 Å². The Morgan fingerprint density at radius 1 is 0.846 bits per heavy atom. The summed E-state index contributed by atoms with van der Waals surface area (Å²) in [6.07, 6.45) is -11.0. The first-order valence-electron chi connectivity index (χ1n) is 14.4. The first-order valence-corrected chi connectivity index (χ1v) is 18.9. The molecule has 0 aliphatic carbocycles. The molecular formula is C21H30N10O18P3+. The van der Waals surface area contributed by atoms with E-state index < -0.39 is 96.9 Å². The van der Waals surface area contributed by atoms with Crippen molar-refractivity contribution in [3.63, 3.8) is 0 Å². The molecule has 0 amide bonds. The van der Waals surface area contributed by atoms with E-state index in [1.165, 1.54) is 17.9 Å². The summed E-state index contributed by atoms with van der Waals surface area (Å²) in [5.41, 5.74) is 9.37. The van der Waals surface area contributed by atoms with Gasteiger partial charge in [0, 0.05) is 0 Å². The Bertz CT molecular complexity index is 2280. The Hall–Kier alpha value is -3.53. The normalized spacial score (nSPS) is 30.1. The monoisotopic (exact) mass is 803 g/mol. The summed E-state index contributed by atoms with van der Waals surface area (Å²) in [4.78, 5) is 70.6. The van der Waals surface area contributed by atoms with Crippen molar-refractivity contribution in [3.05, 3.63) is 33.4 Å². The number of anilines is 2. The van der Waals surface area contributed by atoms with Crippen LogP contribution in [0.25, 0.3) is 22.3 Å². The third-order valence-electron chi connectivity index (χ3n) is 7.68. The number of nitrogen functional groups attached to an aromatic ring is 2. The smallest absolute Gasteiger partial charge is 0.387 e.